The molecule has 0 aliphatic carbocycles. The summed E-state index contributed by atoms with van der Waals surface area (Å²) in [6, 6.07) is 0. The number of nitrogens with zero attached hydrogens (tertiary/aromatic N) is 7. The Balaban J connectivity index is 1.54. The smallest absolute Gasteiger partial charge is 0.254 e. The predicted molar refractivity (Wildman–Crippen MR) is 113 cm³/mol. The fraction of sp³-hybridized carbons (Fsp3) is 0.500. The molecule has 0 bridgehead atoms. The Morgan fingerprint density at radius 2 is 1.86 bits per heavy atom. The summed E-state index contributed by atoms with van der Waals surface area (Å²) in [5, 5.41) is 3.58. The number of rotatable bonds is 5. The van der Waals surface area contributed by atoms with E-state index in [0.717, 1.165) is 62.8 Å². The highest BCUT2D eigenvalue weighted by Gasteiger charge is 2.24. The van der Waals surface area contributed by atoms with E-state index in [4.69, 9.17) is 26.3 Å². The Morgan fingerprint density at radius 1 is 1.03 bits per heavy atom. The Labute approximate surface area is 177 Å². The van der Waals surface area contributed by atoms with Crippen LogP contribution in [0.4, 0.5) is 11.8 Å². The maximum atomic E-state index is 6.41. The first kappa shape index (κ1) is 18.7. The second-order valence-corrected chi connectivity index (χ2v) is 8.36. The number of fused-ring (bicyclic) bond motifs is 1. The number of piperazine rings is 1. The molecule has 0 radical (unpaired) electrons. The number of aromatic nitrogens is 5. The predicted octanol–water partition coefficient (Wildman–Crippen LogP) is 2.12. The van der Waals surface area contributed by atoms with Gasteiger partial charge in [0.05, 0.1) is 10.4 Å². The first-order valence-corrected chi connectivity index (χ1v) is 11.0. The number of ether oxygens (including phenoxy) is 1. The first-order valence-electron chi connectivity index (χ1n) is 9.74. The minimum atomic E-state index is 0.223. The number of thiazole rings is 1. The number of nitrogens with one attached hydrogen (secondary N) is 1. The van der Waals surface area contributed by atoms with Crippen molar-refractivity contribution in [3.8, 4) is 5.88 Å². The molecular formula is C18H21ClN8OS. The number of halogens is 1. The van der Waals surface area contributed by atoms with E-state index in [9.17, 15) is 0 Å². The van der Waals surface area contributed by atoms with E-state index in [0.29, 0.717) is 23.7 Å². The molecule has 0 aromatic carbocycles. The third kappa shape index (κ3) is 3.92. The first-order chi connectivity index (χ1) is 14.3. The summed E-state index contributed by atoms with van der Waals surface area (Å²) in [7, 11) is 0. The van der Waals surface area contributed by atoms with Crippen molar-refractivity contribution in [3.63, 3.8) is 0 Å². The lowest BCUT2D eigenvalue weighted by molar-refractivity contribution is 0.297. The van der Waals surface area contributed by atoms with E-state index in [1.165, 1.54) is 11.3 Å². The Morgan fingerprint density at radius 3 is 2.62 bits per heavy atom. The lowest BCUT2D eigenvalue weighted by Crippen LogP contribution is -2.44. The largest absolute Gasteiger partial charge is 0.470 e. The zero-order chi connectivity index (χ0) is 19.6. The molecule has 29 heavy (non-hydrogen) atoms. The molecular weight excluding hydrogens is 412 g/mol. The summed E-state index contributed by atoms with van der Waals surface area (Å²) in [5.74, 6) is 1.78. The lowest BCUT2D eigenvalue weighted by Gasteiger charge is -2.28. The van der Waals surface area contributed by atoms with Gasteiger partial charge in [0.25, 0.3) is 5.88 Å². The highest BCUT2D eigenvalue weighted by Crippen LogP contribution is 2.31. The summed E-state index contributed by atoms with van der Waals surface area (Å²) in [6.07, 6.45) is 4.06. The van der Waals surface area contributed by atoms with Gasteiger partial charge < -0.3 is 19.9 Å². The van der Waals surface area contributed by atoms with Gasteiger partial charge >= 0.3 is 0 Å². The molecule has 5 heterocycles. The Kier molecular flexibility index (Phi) is 5.30. The number of hydrogen-bond acceptors (Lipinski definition) is 10. The van der Waals surface area contributed by atoms with Gasteiger partial charge in [0.1, 0.15) is 6.61 Å². The molecule has 2 aliphatic rings. The zero-order valence-electron chi connectivity index (χ0n) is 15.8. The van der Waals surface area contributed by atoms with E-state index in [1.807, 2.05) is 0 Å². The molecule has 2 aliphatic heterocycles. The third-order valence-electron chi connectivity index (χ3n) is 5.07. The summed E-state index contributed by atoms with van der Waals surface area (Å²) in [6.45, 7) is 5.80. The van der Waals surface area contributed by atoms with E-state index in [2.05, 4.69) is 30.1 Å². The van der Waals surface area contributed by atoms with Crippen LogP contribution in [0, 0.1) is 0 Å². The molecule has 3 aromatic rings. The van der Waals surface area contributed by atoms with Crippen molar-refractivity contribution in [1.29, 1.82) is 0 Å². The molecule has 5 rings (SSSR count). The van der Waals surface area contributed by atoms with Gasteiger partial charge in [-0.2, -0.15) is 15.0 Å². The molecule has 0 spiro atoms. The maximum absolute atomic E-state index is 6.41. The van der Waals surface area contributed by atoms with E-state index < -0.39 is 0 Å². The van der Waals surface area contributed by atoms with Crippen LogP contribution in [0.25, 0.3) is 11.2 Å². The van der Waals surface area contributed by atoms with Crippen molar-refractivity contribution in [3.05, 3.63) is 21.7 Å². The molecule has 0 atom stereocenters. The van der Waals surface area contributed by atoms with Crippen LogP contribution in [0.3, 0.4) is 0 Å². The van der Waals surface area contributed by atoms with Crippen molar-refractivity contribution >= 4 is 45.9 Å². The minimum Gasteiger partial charge on any atom is -0.470 e. The highest BCUT2D eigenvalue weighted by molar-refractivity contribution is 7.09. The summed E-state index contributed by atoms with van der Waals surface area (Å²) in [4.78, 5) is 28.3. The lowest BCUT2D eigenvalue weighted by atomic mass is 10.3. The molecule has 2 fully saturated rings. The molecule has 0 unspecified atom stereocenters. The third-order valence-corrected chi connectivity index (χ3v) is 6.07. The van der Waals surface area contributed by atoms with Crippen LogP contribution < -0.4 is 19.9 Å². The van der Waals surface area contributed by atoms with E-state index >= 15 is 0 Å². The second-order valence-electron chi connectivity index (χ2n) is 7.03. The van der Waals surface area contributed by atoms with Gasteiger partial charge in [-0.15, -0.1) is 11.3 Å². The Bertz CT molecular complexity index is 989. The monoisotopic (exact) mass is 432 g/mol. The SMILES string of the molecule is Clc1nc2c(N3CCCC3)nc(N3CCNCC3)nc2nc1OCc1cncs1. The average molecular weight is 433 g/mol. The van der Waals surface area contributed by atoms with Crippen molar-refractivity contribution in [1.82, 2.24) is 30.2 Å². The molecule has 1 N–H and O–H groups in total. The quantitative estimate of drug-likeness (QED) is 0.650. The van der Waals surface area contributed by atoms with Crippen LogP contribution in [0.5, 0.6) is 5.88 Å². The standard InChI is InChI=1S/C18H21ClN8OS/c19-14-17(28-10-12-9-21-11-29-12)23-15-13(22-14)16(26-5-1-2-6-26)25-18(24-15)27-7-3-20-4-8-27/h9,11,20H,1-8,10H2. The molecule has 9 nitrogen and oxygen atoms in total. The minimum absolute atomic E-state index is 0.223. The number of hydrogen-bond donors (Lipinski definition) is 1. The van der Waals surface area contributed by atoms with Crippen LogP contribution in [0.2, 0.25) is 5.15 Å². The molecule has 0 amide bonds. The van der Waals surface area contributed by atoms with Crippen LogP contribution in [-0.2, 0) is 6.61 Å². The fourth-order valence-electron chi connectivity index (χ4n) is 3.59. The van der Waals surface area contributed by atoms with Crippen molar-refractivity contribution in [2.45, 2.75) is 19.4 Å². The molecule has 0 saturated carbocycles. The normalized spacial score (nSPS) is 17.3. The van der Waals surface area contributed by atoms with Gasteiger partial charge in [0.2, 0.25) is 5.95 Å². The van der Waals surface area contributed by atoms with E-state index in [-0.39, 0.29) is 11.0 Å². The second kappa shape index (κ2) is 8.21. The van der Waals surface area contributed by atoms with Gasteiger partial charge in [-0.1, -0.05) is 11.6 Å². The van der Waals surface area contributed by atoms with Crippen molar-refractivity contribution in [2.75, 3.05) is 49.1 Å². The van der Waals surface area contributed by atoms with Crippen molar-refractivity contribution in [2.24, 2.45) is 0 Å². The molecule has 2 saturated heterocycles. The van der Waals surface area contributed by atoms with Gasteiger partial charge in [0, 0.05) is 45.5 Å². The highest BCUT2D eigenvalue weighted by atomic mass is 35.5. The molecule has 152 valence electrons. The zero-order valence-corrected chi connectivity index (χ0v) is 17.4. The van der Waals surface area contributed by atoms with Gasteiger partial charge in [-0.05, 0) is 12.8 Å². The molecule has 11 heteroatoms. The van der Waals surface area contributed by atoms with Crippen LogP contribution in [0.1, 0.15) is 17.7 Å². The fourth-order valence-corrected chi connectivity index (χ4v) is 4.27. The number of anilines is 2. The Hall–Kier alpha value is -2.30. The van der Waals surface area contributed by atoms with Gasteiger partial charge in [-0.25, -0.2) is 4.98 Å². The maximum Gasteiger partial charge on any atom is 0.254 e. The average Bonchev–Trinajstić information content (AvgIpc) is 3.46. The summed E-state index contributed by atoms with van der Waals surface area (Å²) < 4.78 is 5.81. The van der Waals surface area contributed by atoms with Crippen LogP contribution >= 0.6 is 22.9 Å². The van der Waals surface area contributed by atoms with Crippen LogP contribution in [0.15, 0.2) is 11.7 Å². The summed E-state index contributed by atoms with van der Waals surface area (Å²) in [5.41, 5.74) is 2.90. The van der Waals surface area contributed by atoms with Crippen molar-refractivity contribution < 1.29 is 4.74 Å². The van der Waals surface area contributed by atoms with Gasteiger partial charge in [0.15, 0.2) is 22.1 Å². The molecule has 3 aromatic heterocycles. The van der Waals surface area contributed by atoms with Crippen LogP contribution in [-0.4, -0.2) is 64.2 Å². The summed E-state index contributed by atoms with van der Waals surface area (Å²) >= 11 is 7.93. The topological polar surface area (TPSA) is 92.2 Å². The van der Waals surface area contributed by atoms with E-state index in [1.54, 1.807) is 11.7 Å². The van der Waals surface area contributed by atoms with Gasteiger partial charge in [-0.3, -0.25) is 4.98 Å².